The minimum absolute atomic E-state index is 0.157. The highest BCUT2D eigenvalue weighted by atomic mass is 16.2. The molecule has 1 aromatic heterocycles. The van der Waals surface area contributed by atoms with Crippen molar-refractivity contribution in [2.75, 3.05) is 19.6 Å². The monoisotopic (exact) mass is 384 g/mol. The van der Waals surface area contributed by atoms with Gasteiger partial charge in [-0.15, -0.1) is 0 Å². The van der Waals surface area contributed by atoms with E-state index in [9.17, 15) is 14.4 Å². The minimum atomic E-state index is -0.284. The molecule has 0 aliphatic carbocycles. The zero-order valence-corrected chi connectivity index (χ0v) is 16.4. The maximum atomic E-state index is 12.7. The van der Waals surface area contributed by atoms with Crippen molar-refractivity contribution in [3.05, 3.63) is 40.3 Å². The van der Waals surface area contributed by atoms with Crippen LogP contribution in [-0.2, 0) is 11.3 Å². The van der Waals surface area contributed by atoms with Gasteiger partial charge in [0.2, 0.25) is 5.91 Å². The van der Waals surface area contributed by atoms with Gasteiger partial charge in [0.15, 0.2) is 5.69 Å². The molecule has 28 heavy (non-hydrogen) atoms. The molecule has 150 valence electrons. The lowest BCUT2D eigenvalue weighted by atomic mass is 10.1. The highest BCUT2D eigenvalue weighted by Gasteiger charge is 2.20. The molecule has 0 radical (unpaired) electrons. The van der Waals surface area contributed by atoms with Crippen LogP contribution >= 0.6 is 0 Å². The quantitative estimate of drug-likeness (QED) is 0.673. The molecule has 7 heteroatoms. The number of fused-ring (bicyclic) bond motifs is 1. The highest BCUT2D eigenvalue weighted by Crippen LogP contribution is 2.14. The van der Waals surface area contributed by atoms with Crippen LogP contribution in [0, 0.1) is 0 Å². The van der Waals surface area contributed by atoms with E-state index in [1.165, 1.54) is 4.68 Å². The zero-order valence-electron chi connectivity index (χ0n) is 16.4. The number of nitrogens with zero attached hydrogens (tertiary/aromatic N) is 3. The number of likely N-dealkylation sites (tertiary alicyclic amines) is 1. The molecule has 3 rings (SSSR count). The third kappa shape index (κ3) is 4.58. The van der Waals surface area contributed by atoms with Crippen molar-refractivity contribution in [2.45, 2.75) is 52.0 Å². The van der Waals surface area contributed by atoms with Crippen molar-refractivity contribution in [1.82, 2.24) is 20.0 Å². The van der Waals surface area contributed by atoms with Gasteiger partial charge in [0.1, 0.15) is 0 Å². The Morgan fingerprint density at radius 1 is 1.11 bits per heavy atom. The van der Waals surface area contributed by atoms with E-state index in [4.69, 9.17) is 0 Å². The number of carbonyl (C=O) groups is 2. The average molecular weight is 384 g/mol. The van der Waals surface area contributed by atoms with Crippen molar-refractivity contribution in [1.29, 1.82) is 0 Å². The van der Waals surface area contributed by atoms with E-state index in [-0.39, 0.29) is 23.1 Å². The molecule has 1 N–H and O–H groups in total. The van der Waals surface area contributed by atoms with Gasteiger partial charge in [-0.2, -0.15) is 5.10 Å². The van der Waals surface area contributed by atoms with Gasteiger partial charge in [-0.1, -0.05) is 38.0 Å². The van der Waals surface area contributed by atoms with Crippen LogP contribution < -0.4 is 10.9 Å². The minimum Gasteiger partial charge on any atom is -0.351 e. The molecule has 0 bridgehead atoms. The van der Waals surface area contributed by atoms with E-state index >= 15 is 0 Å². The Bertz CT molecular complexity index is 906. The second-order valence-electron chi connectivity index (χ2n) is 7.22. The van der Waals surface area contributed by atoms with Crippen LogP contribution in [0.2, 0.25) is 0 Å². The standard InChI is InChI=1S/C21H28N4O3/c1-2-3-6-15-25-21(28)17-10-5-4-9-16(17)19(23-25)20(27)22-12-8-14-24-13-7-11-18(24)26/h4-5,9-10H,2-3,6-8,11-15H2,1H3,(H,22,27). The second-order valence-corrected chi connectivity index (χ2v) is 7.22. The molecule has 0 unspecified atom stereocenters. The van der Waals surface area contributed by atoms with E-state index in [0.717, 1.165) is 32.2 Å². The summed E-state index contributed by atoms with van der Waals surface area (Å²) in [4.78, 5) is 38.9. The second kappa shape index (κ2) is 9.48. The number of hydrogen-bond acceptors (Lipinski definition) is 4. The molecule has 0 atom stereocenters. The third-order valence-electron chi connectivity index (χ3n) is 5.12. The van der Waals surface area contributed by atoms with E-state index in [1.807, 2.05) is 4.90 Å². The van der Waals surface area contributed by atoms with Gasteiger partial charge in [0, 0.05) is 38.0 Å². The summed E-state index contributed by atoms with van der Waals surface area (Å²) in [5.74, 6) is -0.0914. The highest BCUT2D eigenvalue weighted by molar-refractivity contribution is 6.04. The normalized spacial score (nSPS) is 14.0. The van der Waals surface area contributed by atoms with E-state index in [0.29, 0.717) is 43.2 Å². The lowest BCUT2D eigenvalue weighted by Crippen LogP contribution is -2.33. The first kappa shape index (κ1) is 20.0. The number of aryl methyl sites for hydroxylation is 1. The third-order valence-corrected chi connectivity index (χ3v) is 5.12. The van der Waals surface area contributed by atoms with Gasteiger partial charge < -0.3 is 10.2 Å². The molecule has 2 heterocycles. The van der Waals surface area contributed by atoms with Crippen molar-refractivity contribution < 1.29 is 9.59 Å². The van der Waals surface area contributed by atoms with Gasteiger partial charge in [0.25, 0.3) is 11.5 Å². The molecular weight excluding hydrogens is 356 g/mol. The number of rotatable bonds is 9. The Balaban J connectivity index is 1.71. The Morgan fingerprint density at radius 3 is 2.61 bits per heavy atom. The largest absolute Gasteiger partial charge is 0.351 e. The topological polar surface area (TPSA) is 84.3 Å². The molecule has 2 amide bonds. The summed E-state index contributed by atoms with van der Waals surface area (Å²) in [5.41, 5.74) is 0.125. The fraction of sp³-hybridized carbons (Fsp3) is 0.524. The molecule has 1 saturated heterocycles. The predicted molar refractivity (Wildman–Crippen MR) is 108 cm³/mol. The number of hydrogen-bond donors (Lipinski definition) is 1. The van der Waals surface area contributed by atoms with Crippen molar-refractivity contribution in [2.24, 2.45) is 0 Å². The van der Waals surface area contributed by atoms with Crippen LogP contribution in [0.25, 0.3) is 10.8 Å². The first-order valence-electron chi connectivity index (χ1n) is 10.2. The number of carbonyl (C=O) groups excluding carboxylic acids is 2. The summed E-state index contributed by atoms with van der Waals surface area (Å²) in [6.07, 6.45) is 5.16. The Labute approximate surface area is 164 Å². The number of benzene rings is 1. The molecule has 1 fully saturated rings. The molecule has 1 aromatic carbocycles. The van der Waals surface area contributed by atoms with Crippen LogP contribution in [0.15, 0.2) is 29.1 Å². The summed E-state index contributed by atoms with van der Waals surface area (Å²) in [5, 5.41) is 8.35. The molecule has 1 aliphatic rings. The van der Waals surface area contributed by atoms with Gasteiger partial charge >= 0.3 is 0 Å². The summed E-state index contributed by atoms with van der Waals surface area (Å²) in [6, 6.07) is 7.11. The fourth-order valence-electron chi connectivity index (χ4n) is 3.56. The predicted octanol–water partition coefficient (Wildman–Crippen LogP) is 2.33. The maximum Gasteiger partial charge on any atom is 0.274 e. The van der Waals surface area contributed by atoms with Crippen molar-refractivity contribution in [3.8, 4) is 0 Å². The lowest BCUT2D eigenvalue weighted by molar-refractivity contribution is -0.127. The number of amides is 2. The smallest absolute Gasteiger partial charge is 0.274 e. The lowest BCUT2D eigenvalue weighted by Gasteiger charge is -2.15. The Morgan fingerprint density at radius 2 is 1.89 bits per heavy atom. The van der Waals surface area contributed by atoms with E-state index in [2.05, 4.69) is 17.3 Å². The van der Waals surface area contributed by atoms with Crippen LogP contribution in [0.4, 0.5) is 0 Å². The maximum absolute atomic E-state index is 12.7. The first-order chi connectivity index (χ1) is 13.6. The number of aromatic nitrogens is 2. The summed E-state index contributed by atoms with van der Waals surface area (Å²) < 4.78 is 1.41. The molecule has 2 aromatic rings. The first-order valence-corrected chi connectivity index (χ1v) is 10.2. The summed E-state index contributed by atoms with van der Waals surface area (Å²) in [6.45, 7) is 4.54. The molecule has 0 spiro atoms. The number of nitrogens with one attached hydrogen (secondary N) is 1. The summed E-state index contributed by atoms with van der Waals surface area (Å²) >= 11 is 0. The Kier molecular flexibility index (Phi) is 6.79. The van der Waals surface area contributed by atoms with Crippen molar-refractivity contribution >= 4 is 22.6 Å². The van der Waals surface area contributed by atoms with Crippen LogP contribution in [0.1, 0.15) is 55.9 Å². The molecule has 0 saturated carbocycles. The van der Waals surface area contributed by atoms with Crippen molar-refractivity contribution in [3.63, 3.8) is 0 Å². The average Bonchev–Trinajstić information content (AvgIpc) is 3.12. The van der Waals surface area contributed by atoms with Gasteiger partial charge in [-0.3, -0.25) is 14.4 Å². The zero-order chi connectivity index (χ0) is 19.9. The van der Waals surface area contributed by atoms with Crippen LogP contribution in [-0.4, -0.2) is 46.1 Å². The Hall–Kier alpha value is -2.70. The fourth-order valence-corrected chi connectivity index (χ4v) is 3.56. The summed E-state index contributed by atoms with van der Waals surface area (Å²) in [7, 11) is 0. The number of unbranched alkanes of at least 4 members (excludes halogenated alkanes) is 2. The van der Waals surface area contributed by atoms with Gasteiger partial charge in [-0.05, 0) is 25.3 Å². The molecule has 1 aliphatic heterocycles. The SMILES string of the molecule is CCCCCn1nc(C(=O)NCCCN2CCCC2=O)c2ccccc2c1=O. The molecule has 7 nitrogen and oxygen atoms in total. The van der Waals surface area contributed by atoms with E-state index in [1.54, 1.807) is 24.3 Å². The van der Waals surface area contributed by atoms with Crippen LogP contribution in [0.5, 0.6) is 0 Å². The van der Waals surface area contributed by atoms with E-state index < -0.39 is 0 Å². The van der Waals surface area contributed by atoms with Crippen LogP contribution in [0.3, 0.4) is 0 Å². The molecular formula is C21H28N4O3. The van der Waals surface area contributed by atoms with Gasteiger partial charge in [-0.25, -0.2) is 4.68 Å². The van der Waals surface area contributed by atoms with Gasteiger partial charge in [0.05, 0.1) is 5.39 Å².